The number of rotatable bonds is 9. The third kappa shape index (κ3) is 6.19. The fourth-order valence-corrected chi connectivity index (χ4v) is 4.54. The van der Waals surface area contributed by atoms with Gasteiger partial charge >= 0.3 is 5.97 Å². The van der Waals surface area contributed by atoms with Crippen LogP contribution in [0.1, 0.15) is 18.7 Å². The summed E-state index contributed by atoms with van der Waals surface area (Å²) in [6.45, 7) is 4.79. The standard InChI is InChI=1S/C18H22FNO4S2/c1-13(2)20(9-10-26(23,24)12-18(21)22)11-16-7-8-17(25-16)14-3-5-15(19)6-4-14/h3-8,13H,9-12H2,1-2H3,(H,21,22). The van der Waals surface area contributed by atoms with Crippen LogP contribution >= 0.6 is 11.3 Å². The van der Waals surface area contributed by atoms with Crippen molar-refractivity contribution >= 4 is 27.1 Å². The number of thiophene rings is 1. The van der Waals surface area contributed by atoms with Crippen LogP contribution in [0, 0.1) is 5.82 Å². The number of carboxylic acids is 1. The lowest BCUT2D eigenvalue weighted by Crippen LogP contribution is -2.35. The van der Waals surface area contributed by atoms with Gasteiger partial charge in [0.25, 0.3) is 0 Å². The Balaban J connectivity index is 2.04. The monoisotopic (exact) mass is 399 g/mol. The lowest BCUT2D eigenvalue weighted by molar-refractivity contribution is -0.134. The lowest BCUT2D eigenvalue weighted by Gasteiger charge is -2.25. The van der Waals surface area contributed by atoms with Gasteiger partial charge in [0.2, 0.25) is 0 Å². The van der Waals surface area contributed by atoms with E-state index in [-0.39, 0.29) is 24.2 Å². The van der Waals surface area contributed by atoms with Gasteiger partial charge in [0, 0.05) is 28.9 Å². The van der Waals surface area contributed by atoms with Gasteiger partial charge in [0.15, 0.2) is 9.84 Å². The summed E-state index contributed by atoms with van der Waals surface area (Å²) in [5, 5.41) is 8.67. The molecule has 0 amide bonds. The molecular weight excluding hydrogens is 377 g/mol. The zero-order valence-corrected chi connectivity index (χ0v) is 16.3. The summed E-state index contributed by atoms with van der Waals surface area (Å²) in [6.07, 6.45) is 0. The summed E-state index contributed by atoms with van der Waals surface area (Å²) in [7, 11) is -3.62. The highest BCUT2D eigenvalue weighted by Crippen LogP contribution is 2.29. The second-order valence-corrected chi connectivity index (χ2v) is 9.68. The van der Waals surface area contributed by atoms with E-state index in [0.717, 1.165) is 15.3 Å². The molecule has 0 bridgehead atoms. The van der Waals surface area contributed by atoms with Gasteiger partial charge < -0.3 is 5.11 Å². The molecule has 2 rings (SSSR count). The van der Waals surface area contributed by atoms with E-state index in [1.165, 1.54) is 12.1 Å². The average Bonchev–Trinajstić information content (AvgIpc) is 2.99. The Morgan fingerprint density at radius 1 is 1.19 bits per heavy atom. The van der Waals surface area contributed by atoms with Crippen LogP contribution in [0.5, 0.6) is 0 Å². The number of halogens is 1. The smallest absolute Gasteiger partial charge is 0.318 e. The van der Waals surface area contributed by atoms with Crippen LogP contribution in [0.15, 0.2) is 36.4 Å². The SMILES string of the molecule is CC(C)N(CCS(=O)(=O)CC(=O)O)Cc1ccc(-c2ccc(F)cc2)s1. The molecule has 0 unspecified atom stereocenters. The Morgan fingerprint density at radius 2 is 1.85 bits per heavy atom. The highest BCUT2D eigenvalue weighted by Gasteiger charge is 2.19. The van der Waals surface area contributed by atoms with Crippen LogP contribution in [-0.4, -0.2) is 48.5 Å². The molecule has 1 aromatic heterocycles. The molecule has 0 aliphatic carbocycles. The van der Waals surface area contributed by atoms with Gasteiger partial charge in [0.05, 0.1) is 5.75 Å². The molecule has 0 spiro atoms. The topological polar surface area (TPSA) is 74.7 Å². The summed E-state index contributed by atoms with van der Waals surface area (Å²) in [4.78, 5) is 14.7. The molecule has 0 saturated heterocycles. The van der Waals surface area contributed by atoms with Gasteiger partial charge in [-0.25, -0.2) is 12.8 Å². The first-order valence-electron chi connectivity index (χ1n) is 8.17. The molecule has 0 radical (unpaired) electrons. The second-order valence-electron chi connectivity index (χ2n) is 6.32. The predicted octanol–water partition coefficient (Wildman–Crippen LogP) is 3.26. The largest absolute Gasteiger partial charge is 0.480 e. The molecular formula is C18H22FNO4S2. The number of hydrogen-bond acceptors (Lipinski definition) is 5. The normalized spacial score (nSPS) is 12.0. The molecule has 0 saturated carbocycles. The minimum atomic E-state index is -3.62. The van der Waals surface area contributed by atoms with Gasteiger partial charge in [0.1, 0.15) is 11.6 Å². The van der Waals surface area contributed by atoms with E-state index < -0.39 is 21.6 Å². The molecule has 1 N–H and O–H groups in total. The van der Waals surface area contributed by atoms with Crippen LogP contribution in [0.4, 0.5) is 4.39 Å². The summed E-state index contributed by atoms with van der Waals surface area (Å²) in [6, 6.07) is 10.3. The van der Waals surface area contributed by atoms with Crippen LogP contribution < -0.4 is 0 Å². The van der Waals surface area contributed by atoms with Gasteiger partial charge in [-0.05, 0) is 43.7 Å². The van der Waals surface area contributed by atoms with E-state index in [1.807, 2.05) is 30.9 Å². The Morgan fingerprint density at radius 3 is 2.42 bits per heavy atom. The molecule has 0 atom stereocenters. The Hall–Kier alpha value is -1.77. The number of benzene rings is 1. The van der Waals surface area contributed by atoms with E-state index >= 15 is 0 Å². The fraction of sp³-hybridized carbons (Fsp3) is 0.389. The van der Waals surface area contributed by atoms with Crippen LogP contribution in [-0.2, 0) is 21.2 Å². The quantitative estimate of drug-likeness (QED) is 0.701. The summed E-state index contributed by atoms with van der Waals surface area (Å²) in [5.74, 6) is -2.64. The number of nitrogens with zero attached hydrogens (tertiary/aromatic N) is 1. The molecule has 8 heteroatoms. The lowest BCUT2D eigenvalue weighted by atomic mass is 10.2. The van der Waals surface area contributed by atoms with Crippen molar-refractivity contribution in [3.63, 3.8) is 0 Å². The first-order valence-corrected chi connectivity index (χ1v) is 10.8. The molecule has 5 nitrogen and oxygen atoms in total. The minimum Gasteiger partial charge on any atom is -0.480 e. The number of carbonyl (C=O) groups is 1. The molecule has 142 valence electrons. The van der Waals surface area contributed by atoms with Crippen molar-refractivity contribution < 1.29 is 22.7 Å². The number of hydrogen-bond donors (Lipinski definition) is 1. The molecule has 1 heterocycles. The van der Waals surface area contributed by atoms with E-state index in [9.17, 15) is 17.6 Å². The average molecular weight is 400 g/mol. The van der Waals surface area contributed by atoms with Gasteiger partial charge in [-0.15, -0.1) is 11.3 Å². The summed E-state index contributed by atoms with van der Waals surface area (Å²) < 4.78 is 36.6. The fourth-order valence-electron chi connectivity index (χ4n) is 2.47. The first kappa shape index (κ1) is 20.5. The van der Waals surface area contributed by atoms with Crippen molar-refractivity contribution in [2.45, 2.75) is 26.4 Å². The third-order valence-electron chi connectivity index (χ3n) is 3.91. The van der Waals surface area contributed by atoms with E-state index in [4.69, 9.17) is 5.11 Å². The van der Waals surface area contributed by atoms with E-state index in [2.05, 4.69) is 0 Å². The highest BCUT2D eigenvalue weighted by molar-refractivity contribution is 7.92. The van der Waals surface area contributed by atoms with Crippen molar-refractivity contribution in [1.82, 2.24) is 4.90 Å². The number of carboxylic acid groups (broad SMARTS) is 1. The minimum absolute atomic E-state index is 0.117. The van der Waals surface area contributed by atoms with Gasteiger partial charge in [-0.1, -0.05) is 12.1 Å². The Labute approximate surface area is 157 Å². The molecule has 0 aliphatic rings. The molecule has 2 aromatic rings. The number of sulfone groups is 1. The predicted molar refractivity (Wildman–Crippen MR) is 102 cm³/mol. The molecule has 1 aromatic carbocycles. The van der Waals surface area contributed by atoms with E-state index in [1.54, 1.807) is 23.5 Å². The maximum Gasteiger partial charge on any atom is 0.318 e. The number of aliphatic carboxylic acids is 1. The summed E-state index contributed by atoms with van der Waals surface area (Å²) >= 11 is 1.57. The van der Waals surface area contributed by atoms with Crippen molar-refractivity contribution in [1.29, 1.82) is 0 Å². The van der Waals surface area contributed by atoms with Crippen LogP contribution in [0.2, 0.25) is 0 Å². The van der Waals surface area contributed by atoms with Crippen molar-refractivity contribution in [2.75, 3.05) is 18.1 Å². The third-order valence-corrected chi connectivity index (χ3v) is 6.52. The second kappa shape index (κ2) is 8.75. The maximum atomic E-state index is 13.0. The first-order chi connectivity index (χ1) is 12.2. The molecule has 26 heavy (non-hydrogen) atoms. The Kier molecular flexibility index (Phi) is 6.91. The Bertz CT molecular complexity index is 844. The van der Waals surface area contributed by atoms with Crippen molar-refractivity contribution in [2.24, 2.45) is 0 Å². The van der Waals surface area contributed by atoms with Crippen molar-refractivity contribution in [3.05, 3.63) is 47.1 Å². The maximum absolute atomic E-state index is 13.0. The van der Waals surface area contributed by atoms with Gasteiger partial charge in [-0.2, -0.15) is 0 Å². The van der Waals surface area contributed by atoms with E-state index in [0.29, 0.717) is 6.54 Å². The molecule has 0 fully saturated rings. The van der Waals surface area contributed by atoms with Crippen LogP contribution in [0.3, 0.4) is 0 Å². The zero-order chi connectivity index (χ0) is 19.3. The zero-order valence-electron chi connectivity index (χ0n) is 14.7. The molecule has 0 aliphatic heterocycles. The van der Waals surface area contributed by atoms with Gasteiger partial charge in [-0.3, -0.25) is 9.69 Å². The highest BCUT2D eigenvalue weighted by atomic mass is 32.2. The van der Waals surface area contributed by atoms with Crippen LogP contribution in [0.25, 0.3) is 10.4 Å². The van der Waals surface area contributed by atoms with Crippen molar-refractivity contribution in [3.8, 4) is 10.4 Å². The summed E-state index contributed by atoms with van der Waals surface area (Å²) in [5.41, 5.74) is 0.933.